The van der Waals surface area contributed by atoms with Crippen molar-refractivity contribution in [3.63, 3.8) is 0 Å². The molecule has 1 aliphatic heterocycles. The van der Waals surface area contributed by atoms with Gasteiger partial charge in [0.25, 0.3) is 0 Å². The summed E-state index contributed by atoms with van der Waals surface area (Å²) in [4.78, 5) is 26.7. The average molecular weight is 706 g/mol. The molecule has 2 aliphatic rings. The third-order valence-corrected chi connectivity index (χ3v) is 9.68. The van der Waals surface area contributed by atoms with Crippen molar-refractivity contribution < 1.29 is 39.1 Å². The molecular formula is C29H43Cl2N6O8P. The van der Waals surface area contributed by atoms with E-state index in [0.29, 0.717) is 82.1 Å². The van der Waals surface area contributed by atoms with Crippen LogP contribution >= 0.6 is 30.9 Å². The number of phenols is 2. The Morgan fingerprint density at radius 1 is 0.761 bits per heavy atom. The number of benzene rings is 2. The predicted molar refractivity (Wildman–Crippen MR) is 179 cm³/mol. The van der Waals surface area contributed by atoms with Gasteiger partial charge in [-0.3, -0.25) is 14.2 Å². The van der Waals surface area contributed by atoms with Crippen molar-refractivity contribution in [2.24, 2.45) is 0 Å². The number of anilines is 2. The zero-order chi connectivity index (χ0) is 33.5. The first-order chi connectivity index (χ1) is 22.2. The molecule has 0 saturated carbocycles. The van der Waals surface area contributed by atoms with Crippen molar-refractivity contribution in [3.05, 3.63) is 46.5 Å². The van der Waals surface area contributed by atoms with Gasteiger partial charge in [0.15, 0.2) is 0 Å². The third kappa shape index (κ3) is 9.77. The Balaban J connectivity index is 0.000000344. The molecule has 0 spiro atoms. The van der Waals surface area contributed by atoms with Crippen LogP contribution in [0.2, 0.25) is 0 Å². The van der Waals surface area contributed by atoms with Crippen molar-refractivity contribution in [3.8, 4) is 11.5 Å². The van der Waals surface area contributed by atoms with Crippen LogP contribution in [0.4, 0.5) is 11.4 Å². The molecule has 1 atom stereocenters. The molecule has 1 aliphatic carbocycles. The predicted octanol–water partition coefficient (Wildman–Crippen LogP) is 1.74. The van der Waals surface area contributed by atoms with Gasteiger partial charge in [-0.15, -0.1) is 23.2 Å². The number of carbonyl (C=O) groups is 2. The van der Waals surface area contributed by atoms with Crippen molar-refractivity contribution in [2.75, 3.05) is 101 Å². The van der Waals surface area contributed by atoms with Gasteiger partial charge in [-0.1, -0.05) is 0 Å². The van der Waals surface area contributed by atoms with E-state index in [9.17, 15) is 24.4 Å². The van der Waals surface area contributed by atoms with Crippen molar-refractivity contribution in [1.82, 2.24) is 20.4 Å². The van der Waals surface area contributed by atoms with E-state index in [1.807, 2.05) is 0 Å². The van der Waals surface area contributed by atoms with Crippen molar-refractivity contribution in [2.45, 2.75) is 6.42 Å². The molecule has 1 fully saturated rings. The fourth-order valence-electron chi connectivity index (χ4n) is 4.92. The summed E-state index contributed by atoms with van der Waals surface area (Å²) in [5.74, 6) is -1.02. The van der Waals surface area contributed by atoms with Crippen molar-refractivity contribution >= 4 is 53.8 Å². The van der Waals surface area contributed by atoms with Crippen LogP contribution in [0.1, 0.15) is 38.3 Å². The number of rotatable bonds is 17. The lowest BCUT2D eigenvalue weighted by Crippen LogP contribution is -2.35. The summed E-state index contributed by atoms with van der Waals surface area (Å²) in [5.41, 5.74) is 0.678. The number of aromatic hydroxyl groups is 2. The molecule has 1 heterocycles. The molecule has 2 aromatic carbocycles. The topological polar surface area (TPSA) is 205 Å². The maximum atomic E-state index is 13.4. The number of hydrogen-bond donors (Lipinski definition) is 9. The summed E-state index contributed by atoms with van der Waals surface area (Å²) in [6, 6.07) is 5.74. The molecule has 0 bridgehead atoms. The molecule has 46 heavy (non-hydrogen) atoms. The lowest BCUT2D eigenvalue weighted by molar-refractivity contribution is 0.0975. The molecule has 0 aromatic heterocycles. The van der Waals surface area contributed by atoms with Crippen LogP contribution in [0.5, 0.6) is 11.5 Å². The molecule has 0 amide bonds. The molecule has 17 heteroatoms. The van der Waals surface area contributed by atoms with E-state index >= 15 is 0 Å². The first kappa shape index (κ1) is 38.0. The van der Waals surface area contributed by atoms with Gasteiger partial charge < -0.3 is 46.2 Å². The van der Waals surface area contributed by atoms with Crippen LogP contribution in [0.25, 0.3) is 0 Å². The number of nitrogens with zero attached hydrogens (tertiary/aromatic N) is 1. The van der Waals surface area contributed by atoms with Gasteiger partial charge in [-0.2, -0.15) is 0 Å². The second-order valence-electron chi connectivity index (χ2n) is 10.2. The molecule has 2 aromatic rings. The highest BCUT2D eigenvalue weighted by molar-refractivity contribution is 7.54. The second-order valence-corrected chi connectivity index (χ2v) is 13.1. The minimum absolute atomic E-state index is 0.00939. The number of halogens is 2. The Kier molecular flexibility index (Phi) is 16.0. The maximum Gasteiger partial charge on any atom is 0.343 e. The molecular weight excluding hydrogens is 662 g/mol. The highest BCUT2D eigenvalue weighted by Gasteiger charge is 2.38. The van der Waals surface area contributed by atoms with E-state index in [2.05, 4.69) is 26.4 Å². The van der Waals surface area contributed by atoms with Gasteiger partial charge in [0.1, 0.15) is 11.5 Å². The molecule has 256 valence electrons. The zero-order valence-electron chi connectivity index (χ0n) is 25.5. The maximum absolute atomic E-state index is 13.4. The lowest BCUT2D eigenvalue weighted by Gasteiger charge is -2.33. The van der Waals surface area contributed by atoms with Crippen LogP contribution in [0, 0.1) is 0 Å². The Morgan fingerprint density at radius 3 is 1.63 bits per heavy atom. The monoisotopic (exact) mass is 704 g/mol. The SMILES string of the molecule is O=C1c2c(O)ccc(O)c2C(=O)c2c(NCCNCCO)ccc(NCCNCCO)c21.O=P1(N(CCCl)CCCl)NCCCO1. The highest BCUT2D eigenvalue weighted by atomic mass is 35.5. The standard InChI is InChI=1S/C22H28N4O6.C7H15Cl2N2O2P/c27-11-9-23-5-7-25-13-1-2-14(26-8-6-24-10-12-28)18-17(13)21(31)19-15(29)3-4-16(30)20(19)22(18)32;8-2-5-11(6-3-9)14(12)10-4-1-7-13-14/h1-4,23-30H,5-12H2;1-7H2,(H,10,12). The van der Waals surface area contributed by atoms with Crippen LogP contribution in [0.15, 0.2) is 24.3 Å². The summed E-state index contributed by atoms with van der Waals surface area (Å²) in [5, 5.41) is 53.5. The Hall–Kier alpha value is -2.49. The highest BCUT2D eigenvalue weighted by Crippen LogP contribution is 2.48. The number of aliphatic hydroxyl groups excluding tert-OH is 2. The first-order valence-corrected chi connectivity index (χ1v) is 17.7. The average Bonchev–Trinajstić information content (AvgIpc) is 3.05. The molecule has 1 saturated heterocycles. The Bertz CT molecular complexity index is 1280. The summed E-state index contributed by atoms with van der Waals surface area (Å²) in [7, 11) is -2.84. The number of carbonyl (C=O) groups excluding carboxylic acids is 2. The van der Waals surface area contributed by atoms with Crippen LogP contribution in [-0.2, 0) is 9.09 Å². The smallest absolute Gasteiger partial charge is 0.343 e. The number of fused-ring (bicyclic) bond motifs is 2. The first-order valence-electron chi connectivity index (χ1n) is 15.0. The number of hydrogen-bond acceptors (Lipinski definition) is 12. The summed E-state index contributed by atoms with van der Waals surface area (Å²) in [6.07, 6.45) is 0.888. The van der Waals surface area contributed by atoms with E-state index < -0.39 is 19.2 Å². The second kappa shape index (κ2) is 19.4. The number of ketones is 2. The number of nitrogens with one attached hydrogen (secondary N) is 5. The van der Waals surface area contributed by atoms with E-state index in [1.54, 1.807) is 16.8 Å². The van der Waals surface area contributed by atoms with E-state index in [4.69, 9.17) is 37.9 Å². The van der Waals surface area contributed by atoms with E-state index in [1.165, 1.54) is 12.1 Å². The van der Waals surface area contributed by atoms with Gasteiger partial charge in [0.2, 0.25) is 11.6 Å². The molecule has 1 unspecified atom stereocenters. The Morgan fingerprint density at radius 2 is 1.24 bits per heavy atom. The van der Waals surface area contributed by atoms with E-state index in [-0.39, 0.29) is 47.0 Å². The molecule has 0 radical (unpaired) electrons. The van der Waals surface area contributed by atoms with Gasteiger partial charge in [0, 0.05) is 82.0 Å². The summed E-state index contributed by atoms with van der Waals surface area (Å²) >= 11 is 11.2. The number of alkyl halides is 2. The number of aliphatic hydroxyl groups is 2. The fourth-order valence-corrected chi connectivity index (χ4v) is 7.56. The van der Waals surface area contributed by atoms with Crippen LogP contribution in [-0.4, -0.2) is 127 Å². The van der Waals surface area contributed by atoms with Crippen LogP contribution in [0.3, 0.4) is 0 Å². The largest absolute Gasteiger partial charge is 0.507 e. The minimum atomic E-state index is -2.84. The summed E-state index contributed by atoms with van der Waals surface area (Å²) in [6.45, 7) is 5.12. The third-order valence-electron chi connectivity index (χ3n) is 7.04. The number of phenolic OH excluding ortho intramolecular Hbond substituents is 2. The van der Waals surface area contributed by atoms with Crippen molar-refractivity contribution in [1.29, 1.82) is 0 Å². The fraction of sp³-hybridized carbons (Fsp3) is 0.517. The molecule has 4 rings (SSSR count). The normalized spacial score (nSPS) is 17.2. The minimum Gasteiger partial charge on any atom is -0.507 e. The van der Waals surface area contributed by atoms with Gasteiger partial charge in [-0.05, 0) is 30.7 Å². The molecule has 14 nitrogen and oxygen atoms in total. The summed E-state index contributed by atoms with van der Waals surface area (Å²) < 4.78 is 19.2. The zero-order valence-corrected chi connectivity index (χ0v) is 27.9. The molecule has 9 N–H and O–H groups in total. The van der Waals surface area contributed by atoms with E-state index in [0.717, 1.165) is 13.0 Å². The van der Waals surface area contributed by atoms with Crippen LogP contribution < -0.4 is 26.4 Å². The van der Waals surface area contributed by atoms with Gasteiger partial charge in [-0.25, -0.2) is 9.76 Å². The quantitative estimate of drug-likeness (QED) is 0.0425. The lowest BCUT2D eigenvalue weighted by atomic mass is 9.81. The van der Waals surface area contributed by atoms with Gasteiger partial charge in [0.05, 0.1) is 42.1 Å². The van der Waals surface area contributed by atoms with Gasteiger partial charge >= 0.3 is 7.67 Å². The Labute approximate surface area is 278 Å².